The van der Waals surface area contributed by atoms with E-state index in [4.69, 9.17) is 9.88 Å². The van der Waals surface area contributed by atoms with Gasteiger partial charge in [-0.25, -0.2) is 13.6 Å². The largest absolute Gasteiger partial charge is 0.486 e. The number of hydrogen-bond acceptors (Lipinski definition) is 3. The van der Waals surface area contributed by atoms with Crippen molar-refractivity contribution in [1.82, 2.24) is 0 Å². The molecule has 5 heteroatoms. The molecular weight excluding hydrogens is 238 g/mol. The van der Waals surface area contributed by atoms with Gasteiger partial charge in [-0.15, -0.1) is 0 Å². The lowest BCUT2D eigenvalue weighted by Gasteiger charge is -2.15. The average molecular weight is 255 g/mol. The monoisotopic (exact) mass is 255 g/mol. The molecule has 0 bridgehead atoms. The van der Waals surface area contributed by atoms with Gasteiger partial charge in [0.15, 0.2) is 0 Å². The third kappa shape index (κ3) is 3.31. The maximum atomic E-state index is 11.3. The van der Waals surface area contributed by atoms with Crippen molar-refractivity contribution in [2.75, 3.05) is 0 Å². The summed E-state index contributed by atoms with van der Waals surface area (Å²) in [6.07, 6.45) is 1.54. The molecule has 0 aliphatic rings. The van der Waals surface area contributed by atoms with E-state index in [1.165, 1.54) is 6.07 Å². The molecule has 4 nitrogen and oxygen atoms in total. The zero-order chi connectivity index (χ0) is 13.2. The first-order valence-electron chi connectivity index (χ1n) is 5.19. The van der Waals surface area contributed by atoms with E-state index in [1.54, 1.807) is 26.0 Å². The Morgan fingerprint density at radius 1 is 1.35 bits per heavy atom. The topological polar surface area (TPSA) is 69.4 Å². The molecule has 1 atom stereocenters. The van der Waals surface area contributed by atoms with Crippen LogP contribution in [-0.4, -0.2) is 14.5 Å². The number of ether oxygens (including phenoxy) is 1. The minimum atomic E-state index is -3.68. The molecule has 1 rings (SSSR count). The molecule has 0 radical (unpaired) electrons. The van der Waals surface area contributed by atoms with Gasteiger partial charge in [0.2, 0.25) is 10.0 Å². The lowest BCUT2D eigenvalue weighted by Crippen LogP contribution is -2.15. The number of rotatable bonds is 4. The Morgan fingerprint density at radius 3 is 2.41 bits per heavy atom. The van der Waals surface area contributed by atoms with E-state index < -0.39 is 10.0 Å². The quantitative estimate of drug-likeness (QED) is 0.835. The van der Waals surface area contributed by atoms with Gasteiger partial charge in [-0.1, -0.05) is 12.7 Å². The summed E-state index contributed by atoms with van der Waals surface area (Å²) in [7, 11) is -3.68. The number of hydrogen-bond donors (Lipinski definition) is 1. The van der Waals surface area contributed by atoms with Crippen LogP contribution in [0.15, 0.2) is 29.7 Å². The van der Waals surface area contributed by atoms with Crippen LogP contribution in [0.5, 0.6) is 5.75 Å². The maximum absolute atomic E-state index is 11.3. The summed E-state index contributed by atoms with van der Waals surface area (Å²) in [6, 6.07) is 3.20. The van der Waals surface area contributed by atoms with Gasteiger partial charge in [-0.3, -0.25) is 0 Å². The van der Waals surface area contributed by atoms with E-state index in [1.807, 2.05) is 6.92 Å². The van der Waals surface area contributed by atoms with Crippen LogP contribution in [0, 0.1) is 13.8 Å². The van der Waals surface area contributed by atoms with Crippen molar-refractivity contribution in [1.29, 1.82) is 0 Å². The standard InChI is InChI=1S/C12H17NO3S/c1-5-10(4)16-11-6-9(3)12(7-8(11)2)17(13,14)15/h5-7,10H,1H2,2-4H3,(H2,13,14,15). The van der Waals surface area contributed by atoms with Gasteiger partial charge in [-0.2, -0.15) is 0 Å². The van der Waals surface area contributed by atoms with Crippen molar-refractivity contribution in [3.05, 3.63) is 35.9 Å². The fourth-order valence-electron chi connectivity index (χ4n) is 1.45. The van der Waals surface area contributed by atoms with Gasteiger partial charge in [0.05, 0.1) is 4.90 Å². The summed E-state index contributed by atoms with van der Waals surface area (Å²) < 4.78 is 28.2. The second-order valence-corrected chi connectivity index (χ2v) is 5.52. The molecule has 0 aliphatic carbocycles. The molecule has 0 spiro atoms. The second kappa shape index (κ2) is 4.89. The van der Waals surface area contributed by atoms with Crippen LogP contribution in [-0.2, 0) is 10.0 Å². The van der Waals surface area contributed by atoms with Gasteiger partial charge in [-0.05, 0) is 44.0 Å². The average Bonchev–Trinajstić information content (AvgIpc) is 2.21. The number of aryl methyl sites for hydroxylation is 2. The van der Waals surface area contributed by atoms with E-state index in [0.717, 1.165) is 5.56 Å². The molecule has 0 heterocycles. The number of primary sulfonamides is 1. The van der Waals surface area contributed by atoms with E-state index in [0.29, 0.717) is 11.3 Å². The Morgan fingerprint density at radius 2 is 1.94 bits per heavy atom. The minimum Gasteiger partial charge on any atom is -0.486 e. The van der Waals surface area contributed by atoms with Gasteiger partial charge < -0.3 is 4.74 Å². The van der Waals surface area contributed by atoms with Crippen LogP contribution in [0.1, 0.15) is 18.1 Å². The van der Waals surface area contributed by atoms with Crippen molar-refractivity contribution in [2.45, 2.75) is 31.8 Å². The third-order valence-corrected chi connectivity index (χ3v) is 3.48. The highest BCUT2D eigenvalue weighted by atomic mass is 32.2. The number of nitrogens with two attached hydrogens (primary N) is 1. The normalized spacial score (nSPS) is 13.2. The highest BCUT2D eigenvalue weighted by molar-refractivity contribution is 7.89. The summed E-state index contributed by atoms with van der Waals surface area (Å²) in [4.78, 5) is 0.133. The smallest absolute Gasteiger partial charge is 0.238 e. The van der Waals surface area contributed by atoms with Gasteiger partial charge in [0.1, 0.15) is 11.9 Å². The molecule has 2 N–H and O–H groups in total. The first-order chi connectivity index (χ1) is 7.75. The van der Waals surface area contributed by atoms with Gasteiger partial charge >= 0.3 is 0 Å². The highest BCUT2D eigenvalue weighted by Gasteiger charge is 2.15. The van der Waals surface area contributed by atoms with E-state index >= 15 is 0 Å². The van der Waals surface area contributed by atoms with Crippen LogP contribution in [0.2, 0.25) is 0 Å². The minimum absolute atomic E-state index is 0.131. The molecular formula is C12H17NO3S. The summed E-state index contributed by atoms with van der Waals surface area (Å²) >= 11 is 0. The van der Waals surface area contributed by atoms with Crippen molar-refractivity contribution in [3.8, 4) is 5.75 Å². The van der Waals surface area contributed by atoms with Crippen LogP contribution in [0.3, 0.4) is 0 Å². The zero-order valence-corrected chi connectivity index (χ0v) is 11.0. The Labute approximate surface area is 102 Å². The van der Waals surface area contributed by atoms with Crippen LogP contribution < -0.4 is 9.88 Å². The molecule has 0 aromatic heterocycles. The molecule has 1 aromatic carbocycles. The Bertz CT molecular complexity index is 535. The molecule has 0 saturated carbocycles. The predicted octanol–water partition coefficient (Wildman–Crippen LogP) is 1.90. The van der Waals surface area contributed by atoms with Crippen molar-refractivity contribution in [3.63, 3.8) is 0 Å². The maximum Gasteiger partial charge on any atom is 0.238 e. The van der Waals surface area contributed by atoms with Crippen molar-refractivity contribution >= 4 is 10.0 Å². The SMILES string of the molecule is C=CC(C)Oc1cc(C)c(S(N)(=O)=O)cc1C. The molecule has 1 unspecified atom stereocenters. The molecule has 17 heavy (non-hydrogen) atoms. The number of sulfonamides is 1. The summed E-state index contributed by atoms with van der Waals surface area (Å²) in [6.45, 7) is 8.94. The summed E-state index contributed by atoms with van der Waals surface area (Å²) in [5.74, 6) is 0.641. The molecule has 0 fully saturated rings. The Balaban J connectivity index is 3.23. The second-order valence-electron chi connectivity index (χ2n) is 3.99. The van der Waals surface area contributed by atoms with Crippen LogP contribution in [0.25, 0.3) is 0 Å². The van der Waals surface area contributed by atoms with Crippen LogP contribution in [0.4, 0.5) is 0 Å². The van der Waals surface area contributed by atoms with Crippen molar-refractivity contribution in [2.24, 2.45) is 5.14 Å². The van der Waals surface area contributed by atoms with E-state index in [2.05, 4.69) is 6.58 Å². The molecule has 1 aromatic rings. The van der Waals surface area contributed by atoms with E-state index in [-0.39, 0.29) is 11.0 Å². The molecule has 0 aliphatic heterocycles. The first kappa shape index (κ1) is 13.7. The predicted molar refractivity (Wildman–Crippen MR) is 67.6 cm³/mol. The van der Waals surface area contributed by atoms with Gasteiger partial charge in [0.25, 0.3) is 0 Å². The molecule has 94 valence electrons. The molecule has 0 amide bonds. The van der Waals surface area contributed by atoms with Crippen molar-refractivity contribution < 1.29 is 13.2 Å². The van der Waals surface area contributed by atoms with Crippen LogP contribution >= 0.6 is 0 Å². The Kier molecular flexibility index (Phi) is 3.95. The summed E-state index contributed by atoms with van der Waals surface area (Å²) in [5.41, 5.74) is 1.30. The van der Waals surface area contributed by atoms with Gasteiger partial charge in [0, 0.05) is 0 Å². The fraction of sp³-hybridized carbons (Fsp3) is 0.333. The van der Waals surface area contributed by atoms with E-state index in [9.17, 15) is 8.42 Å². The lowest BCUT2D eigenvalue weighted by atomic mass is 10.1. The lowest BCUT2D eigenvalue weighted by molar-refractivity contribution is 0.268. The Hall–Kier alpha value is -1.33. The summed E-state index contributed by atoms with van der Waals surface area (Å²) in [5, 5.41) is 5.12. The zero-order valence-electron chi connectivity index (χ0n) is 10.2. The highest BCUT2D eigenvalue weighted by Crippen LogP contribution is 2.26. The number of benzene rings is 1. The third-order valence-electron chi connectivity index (χ3n) is 2.42. The molecule has 0 saturated heterocycles. The first-order valence-corrected chi connectivity index (χ1v) is 6.73. The fourth-order valence-corrected chi connectivity index (χ4v) is 2.29.